The number of ether oxygens (including phenoxy) is 4. The first-order valence-electron chi connectivity index (χ1n) is 26.4. The van der Waals surface area contributed by atoms with Crippen molar-refractivity contribution in [2.45, 2.75) is 159 Å². The van der Waals surface area contributed by atoms with Crippen LogP contribution in [0, 0.1) is 0 Å². The monoisotopic (exact) mass is 1130 g/mol. The van der Waals surface area contributed by atoms with Crippen molar-refractivity contribution < 1.29 is 77.0 Å². The number of hydrogen-bond acceptors (Lipinski definition) is 8. The maximum Gasteiger partial charge on any atom is 0.460 e. The van der Waals surface area contributed by atoms with Crippen LogP contribution in [0.2, 0.25) is 38.8 Å². The van der Waals surface area contributed by atoms with Crippen LogP contribution in [0.5, 0.6) is 23.0 Å². The Kier molecular flexibility index (Phi) is 22.8. The Hall–Kier alpha value is -5.93. The Morgan fingerprint density at radius 1 is 0.436 bits per heavy atom. The quantitative estimate of drug-likeness (QED) is 0.0142. The molecule has 5 aromatic rings. The summed E-state index contributed by atoms with van der Waals surface area (Å²) >= 11 is 0. The molecule has 8 nitrogen and oxygen atoms in total. The Bertz CT molecular complexity index is 2670. The largest absolute Gasteiger partial charge is 0.494 e. The maximum atomic E-state index is 13.7. The number of benzene rings is 5. The van der Waals surface area contributed by atoms with Crippen molar-refractivity contribution in [2.75, 3.05) is 6.61 Å². The van der Waals surface area contributed by atoms with Gasteiger partial charge in [-0.05, 0) is 166 Å². The van der Waals surface area contributed by atoms with Crippen LogP contribution in [0.1, 0.15) is 127 Å². The van der Waals surface area contributed by atoms with Gasteiger partial charge < -0.3 is 23.1 Å². The fourth-order valence-electron chi connectivity index (χ4n) is 8.66. The molecule has 0 heterocycles. The predicted octanol–water partition coefficient (Wildman–Crippen LogP) is 17.9. The first kappa shape index (κ1) is 62.9. The molecule has 0 aliphatic carbocycles. The molecule has 0 aliphatic heterocycles. The van der Waals surface area contributed by atoms with E-state index in [1.54, 1.807) is 54.6 Å². The van der Waals surface area contributed by atoms with Gasteiger partial charge in [0.15, 0.2) is 16.6 Å². The molecule has 0 unspecified atom stereocenters. The lowest BCUT2D eigenvalue weighted by molar-refractivity contribution is -0.396. The Labute approximate surface area is 453 Å². The highest BCUT2D eigenvalue weighted by molar-refractivity contribution is 6.84. The highest BCUT2D eigenvalue weighted by Crippen LogP contribution is 2.54. The second kappa shape index (κ2) is 28.3. The minimum absolute atomic E-state index is 0.0189. The van der Waals surface area contributed by atoms with Crippen LogP contribution in [-0.4, -0.2) is 65.1 Å². The van der Waals surface area contributed by atoms with Gasteiger partial charge in [-0.15, -0.1) is 0 Å². The number of carbonyl (C=O) groups is 3. The zero-order valence-electron chi connectivity index (χ0n) is 44.7. The zero-order chi connectivity index (χ0) is 57.2. The van der Waals surface area contributed by atoms with E-state index in [1.165, 1.54) is 112 Å². The fraction of sp³-hybridized carbons (Fsp3) is 0.441. The summed E-state index contributed by atoms with van der Waals surface area (Å²) in [5.74, 6) is -19.9. The molecule has 78 heavy (non-hydrogen) atoms. The van der Waals surface area contributed by atoms with Crippen LogP contribution in [0.4, 0.5) is 39.5 Å². The third kappa shape index (κ3) is 19.5. The van der Waals surface area contributed by atoms with E-state index in [4.69, 9.17) is 23.1 Å². The van der Waals surface area contributed by atoms with Gasteiger partial charge in [0.25, 0.3) is 0 Å². The molecule has 0 saturated carbocycles. The van der Waals surface area contributed by atoms with Crippen LogP contribution in [0.25, 0.3) is 11.1 Å². The Balaban J connectivity index is 0.964. The molecule has 5 rings (SSSR count). The Morgan fingerprint density at radius 3 is 1.38 bits per heavy atom. The molecule has 5 aromatic carbocycles. The van der Waals surface area contributed by atoms with Gasteiger partial charge in [0, 0.05) is 6.42 Å². The standard InChI is InChI=1S/C59H69F9O8Si2/c1-77(2,3)76-78(4,5)41-18-14-10-8-6-7-9-11-15-20-43-23-25-45(26-24-43)53(69)73-50-35-27-44(28-36-50)48-21-19-22-52(42-48)75-55(71)47-31-37-51(38-32-47)74-54(70)46-29-33-49(34-30-46)72-40-17-13-12-16-39-56(60,61)57(62,63)58(64,65)59(66,67)68/h19,21-38,42H,6-18,20,39-41H2,1-5H3. The molecule has 0 aromatic heterocycles. The van der Waals surface area contributed by atoms with E-state index in [1.807, 2.05) is 18.2 Å². The zero-order valence-corrected chi connectivity index (χ0v) is 46.7. The van der Waals surface area contributed by atoms with E-state index in [-0.39, 0.29) is 48.5 Å². The minimum Gasteiger partial charge on any atom is -0.494 e. The second-order valence-electron chi connectivity index (χ2n) is 21.0. The summed E-state index contributed by atoms with van der Waals surface area (Å²) in [4.78, 5) is 38.8. The van der Waals surface area contributed by atoms with Gasteiger partial charge in [0.2, 0.25) is 0 Å². The number of carbonyl (C=O) groups excluding carboxylic acids is 3. The van der Waals surface area contributed by atoms with Gasteiger partial charge >= 0.3 is 41.9 Å². The van der Waals surface area contributed by atoms with E-state index in [9.17, 15) is 53.9 Å². The topological polar surface area (TPSA) is 97.4 Å². The lowest BCUT2D eigenvalue weighted by Gasteiger charge is -2.33. The summed E-state index contributed by atoms with van der Waals surface area (Å²) in [7, 11) is -2.99. The third-order valence-corrected chi connectivity index (χ3v) is 18.9. The molecule has 0 radical (unpaired) electrons. The number of unbranched alkanes of at least 4 members (excludes halogenated alkanes) is 11. The van der Waals surface area contributed by atoms with Crippen LogP contribution in [0.3, 0.4) is 0 Å². The van der Waals surface area contributed by atoms with Crippen molar-refractivity contribution in [3.8, 4) is 34.1 Å². The average Bonchev–Trinajstić information content (AvgIpc) is 3.38. The smallest absolute Gasteiger partial charge is 0.460 e. The number of halogens is 9. The van der Waals surface area contributed by atoms with Crippen LogP contribution >= 0.6 is 0 Å². The summed E-state index contributed by atoms with van der Waals surface area (Å²) in [6, 6.07) is 34.1. The van der Waals surface area contributed by atoms with Gasteiger partial charge in [0.1, 0.15) is 23.0 Å². The average molecular weight is 1130 g/mol. The summed E-state index contributed by atoms with van der Waals surface area (Å²) in [6.07, 6.45) is 2.98. The van der Waals surface area contributed by atoms with Gasteiger partial charge in [-0.25, -0.2) is 14.4 Å². The van der Waals surface area contributed by atoms with Crippen molar-refractivity contribution in [3.63, 3.8) is 0 Å². The SMILES string of the molecule is C[Si](C)(C)O[Si](C)(C)CCCCCCCCCCCc1ccc(C(=O)Oc2ccc(-c3cccc(OC(=O)c4ccc(OC(=O)c5ccc(OCCCCCCC(F)(F)C(F)(F)C(F)(F)C(F)(F)F)cc5)cc4)c3)cc2)cc1. The fourth-order valence-corrected chi connectivity index (χ4v) is 16.8. The molecule has 424 valence electrons. The molecule has 0 N–H and O–H groups in total. The lowest BCUT2D eigenvalue weighted by atomic mass is 9.98. The maximum absolute atomic E-state index is 13.7. The summed E-state index contributed by atoms with van der Waals surface area (Å²) < 4.78 is 146. The molecular formula is C59H69F9O8Si2. The van der Waals surface area contributed by atoms with Crippen LogP contribution < -0.4 is 18.9 Å². The highest BCUT2D eigenvalue weighted by atomic mass is 28.4. The number of aryl methyl sites for hydroxylation is 1. The number of esters is 3. The lowest BCUT2D eigenvalue weighted by Crippen LogP contribution is -2.60. The molecule has 0 bridgehead atoms. The van der Waals surface area contributed by atoms with Gasteiger partial charge in [-0.3, -0.25) is 0 Å². The first-order valence-corrected chi connectivity index (χ1v) is 32.9. The summed E-state index contributed by atoms with van der Waals surface area (Å²) in [6.45, 7) is 11.6. The molecule has 0 aliphatic rings. The van der Waals surface area contributed by atoms with Gasteiger partial charge in [-0.1, -0.05) is 101 Å². The Morgan fingerprint density at radius 2 is 0.872 bits per heavy atom. The van der Waals surface area contributed by atoms with Gasteiger partial charge in [0.05, 0.1) is 23.3 Å². The molecule has 0 fully saturated rings. The van der Waals surface area contributed by atoms with Crippen LogP contribution in [-0.2, 0) is 10.5 Å². The van der Waals surface area contributed by atoms with Crippen molar-refractivity contribution in [1.82, 2.24) is 0 Å². The second-order valence-corrected chi connectivity index (χ2v) is 30.0. The van der Waals surface area contributed by atoms with E-state index < -0.39 is 71.3 Å². The molecule has 0 saturated heterocycles. The van der Waals surface area contributed by atoms with E-state index in [2.05, 4.69) is 32.7 Å². The third-order valence-electron chi connectivity index (χ3n) is 12.7. The number of rotatable bonds is 31. The number of hydrogen-bond donors (Lipinski definition) is 0. The molecule has 19 heteroatoms. The van der Waals surface area contributed by atoms with Crippen molar-refractivity contribution in [3.05, 3.63) is 144 Å². The normalized spacial score (nSPS) is 12.5. The minimum atomic E-state index is -6.90. The summed E-state index contributed by atoms with van der Waals surface area (Å²) in [5.41, 5.74) is 3.49. The predicted molar refractivity (Wildman–Crippen MR) is 288 cm³/mol. The summed E-state index contributed by atoms with van der Waals surface area (Å²) in [5, 5.41) is 0. The first-order chi connectivity index (χ1) is 36.7. The van der Waals surface area contributed by atoms with E-state index >= 15 is 0 Å². The molecular weight excluding hydrogens is 1060 g/mol. The molecule has 0 atom stereocenters. The molecule has 0 spiro atoms. The molecule has 0 amide bonds. The van der Waals surface area contributed by atoms with Gasteiger partial charge in [-0.2, -0.15) is 39.5 Å². The van der Waals surface area contributed by atoms with Crippen LogP contribution in [0.15, 0.2) is 121 Å². The van der Waals surface area contributed by atoms with E-state index in [0.29, 0.717) is 17.1 Å². The van der Waals surface area contributed by atoms with E-state index in [0.717, 1.165) is 24.0 Å². The highest BCUT2D eigenvalue weighted by Gasteiger charge is 2.81. The van der Waals surface area contributed by atoms with Crippen molar-refractivity contribution in [2.24, 2.45) is 0 Å². The van der Waals surface area contributed by atoms with Crippen molar-refractivity contribution >= 4 is 34.5 Å². The van der Waals surface area contributed by atoms with Crippen molar-refractivity contribution in [1.29, 1.82) is 0 Å². The number of alkyl halides is 9.